The predicted molar refractivity (Wildman–Crippen MR) is 173 cm³/mol. The molecule has 1 aliphatic heterocycles. The molecule has 41 heavy (non-hydrogen) atoms. The van der Waals surface area contributed by atoms with Gasteiger partial charge in [0.25, 0.3) is 0 Å². The Hall–Kier alpha value is -4.59. The SMILES string of the molecule is CC1(C)c2ccc(-c3cccc(-c4cccc(Cl)c4)c3)c3c2-c2c1ccc1c4ccccc4n(c21)-c1ccccc1-3. The minimum Gasteiger partial charge on any atom is -0.308 e. The fourth-order valence-electron chi connectivity index (χ4n) is 7.54. The van der Waals surface area contributed by atoms with Crippen molar-refractivity contribution in [2.45, 2.75) is 19.3 Å². The van der Waals surface area contributed by atoms with E-state index in [0.29, 0.717) is 0 Å². The van der Waals surface area contributed by atoms with E-state index < -0.39 is 0 Å². The standard InChI is InChI=1S/C39H26ClN/c1-39(2)31-19-17-27(25-11-7-9-23(21-25)24-10-8-12-26(40)22-24)35-30-14-4-6-16-34(30)41-33-15-5-3-13-28(33)29-18-20-32(39)37(36(31)35)38(29)41/h3-22H,1-2H3. The predicted octanol–water partition coefficient (Wildman–Crippen LogP) is 11.1. The molecule has 0 saturated heterocycles. The highest BCUT2D eigenvalue weighted by Crippen LogP contribution is 2.59. The lowest BCUT2D eigenvalue weighted by molar-refractivity contribution is 0.661. The summed E-state index contributed by atoms with van der Waals surface area (Å²) in [5.41, 5.74) is 16.7. The number of para-hydroxylation sites is 2. The second kappa shape index (κ2) is 8.00. The van der Waals surface area contributed by atoms with Gasteiger partial charge in [0.05, 0.1) is 16.7 Å². The van der Waals surface area contributed by atoms with Gasteiger partial charge in [-0.1, -0.05) is 116 Å². The van der Waals surface area contributed by atoms with Crippen molar-refractivity contribution in [3.05, 3.63) is 137 Å². The van der Waals surface area contributed by atoms with Gasteiger partial charge in [0, 0.05) is 32.3 Å². The molecule has 0 N–H and O–H groups in total. The van der Waals surface area contributed by atoms with Crippen LogP contribution in [0, 0.1) is 0 Å². The van der Waals surface area contributed by atoms with Crippen molar-refractivity contribution in [2.75, 3.05) is 0 Å². The second-order valence-corrected chi connectivity index (χ2v) is 12.3. The van der Waals surface area contributed by atoms with Crippen LogP contribution in [0.25, 0.3) is 72.0 Å². The molecule has 2 aliphatic rings. The molecule has 0 unspecified atom stereocenters. The van der Waals surface area contributed by atoms with Crippen LogP contribution in [0.3, 0.4) is 0 Å². The number of benzene rings is 6. The molecule has 0 fully saturated rings. The molecule has 2 heteroatoms. The Morgan fingerprint density at radius 3 is 2.12 bits per heavy atom. The second-order valence-electron chi connectivity index (χ2n) is 11.9. The number of nitrogens with zero attached hydrogens (tertiary/aromatic N) is 1. The third kappa shape index (κ3) is 2.97. The number of rotatable bonds is 2. The lowest BCUT2D eigenvalue weighted by atomic mass is 9.80. The maximum absolute atomic E-state index is 6.38. The van der Waals surface area contributed by atoms with Crippen LogP contribution in [-0.2, 0) is 5.41 Å². The Labute approximate surface area is 244 Å². The molecule has 0 amide bonds. The van der Waals surface area contributed by atoms with E-state index in [1.807, 2.05) is 18.2 Å². The van der Waals surface area contributed by atoms with Crippen LogP contribution in [0.2, 0.25) is 5.02 Å². The Morgan fingerprint density at radius 2 is 1.24 bits per heavy atom. The lowest BCUT2D eigenvalue weighted by Crippen LogP contribution is -2.15. The summed E-state index contributed by atoms with van der Waals surface area (Å²) in [6.07, 6.45) is 0. The van der Waals surface area contributed by atoms with E-state index in [0.717, 1.165) is 10.6 Å². The topological polar surface area (TPSA) is 4.93 Å². The molecule has 1 nitrogen and oxygen atoms in total. The first-order valence-electron chi connectivity index (χ1n) is 14.2. The first kappa shape index (κ1) is 23.1. The van der Waals surface area contributed by atoms with Gasteiger partial charge in [-0.25, -0.2) is 0 Å². The zero-order valence-electron chi connectivity index (χ0n) is 22.9. The molecule has 7 aromatic rings. The van der Waals surface area contributed by atoms with E-state index in [4.69, 9.17) is 11.6 Å². The molecule has 0 spiro atoms. The van der Waals surface area contributed by atoms with Crippen LogP contribution >= 0.6 is 11.6 Å². The van der Waals surface area contributed by atoms with E-state index in [2.05, 4.69) is 122 Å². The van der Waals surface area contributed by atoms with Crippen molar-refractivity contribution in [2.24, 2.45) is 0 Å². The smallest absolute Gasteiger partial charge is 0.0623 e. The summed E-state index contributed by atoms with van der Waals surface area (Å²) in [4.78, 5) is 0. The van der Waals surface area contributed by atoms with Crippen molar-refractivity contribution >= 4 is 33.4 Å². The molecule has 0 bridgehead atoms. The molecule has 6 aromatic carbocycles. The Balaban J connectivity index is 1.44. The molecule has 194 valence electrons. The monoisotopic (exact) mass is 543 g/mol. The molecule has 9 rings (SSSR count). The molecule has 1 aliphatic carbocycles. The minimum absolute atomic E-state index is 0.0949. The van der Waals surface area contributed by atoms with Crippen LogP contribution in [0.1, 0.15) is 25.0 Å². The summed E-state index contributed by atoms with van der Waals surface area (Å²) in [6.45, 7) is 4.76. The normalized spacial score (nSPS) is 13.9. The summed E-state index contributed by atoms with van der Waals surface area (Å²) in [6, 6.07) is 44.3. The van der Waals surface area contributed by atoms with Crippen LogP contribution in [-0.4, -0.2) is 4.57 Å². The lowest BCUT2D eigenvalue weighted by Gasteiger charge is -2.24. The average Bonchev–Trinajstić information content (AvgIpc) is 3.40. The fourth-order valence-corrected chi connectivity index (χ4v) is 7.73. The fraction of sp³-hybridized carbons (Fsp3) is 0.0769. The van der Waals surface area contributed by atoms with Gasteiger partial charge in [0.1, 0.15) is 0 Å². The van der Waals surface area contributed by atoms with Crippen LogP contribution in [0.5, 0.6) is 0 Å². The molecular formula is C39H26ClN. The first-order chi connectivity index (χ1) is 20.0. The zero-order chi connectivity index (χ0) is 27.5. The van der Waals surface area contributed by atoms with Crippen molar-refractivity contribution in [3.63, 3.8) is 0 Å². The molecular weight excluding hydrogens is 518 g/mol. The van der Waals surface area contributed by atoms with Crippen molar-refractivity contribution in [3.8, 4) is 50.2 Å². The highest BCUT2D eigenvalue weighted by Gasteiger charge is 2.41. The molecule has 0 saturated carbocycles. The summed E-state index contributed by atoms with van der Waals surface area (Å²) in [5.74, 6) is 0. The third-order valence-electron chi connectivity index (χ3n) is 9.38. The maximum atomic E-state index is 6.38. The third-order valence-corrected chi connectivity index (χ3v) is 9.62. The summed E-state index contributed by atoms with van der Waals surface area (Å²) in [7, 11) is 0. The van der Waals surface area contributed by atoms with Gasteiger partial charge in [-0.3, -0.25) is 0 Å². The van der Waals surface area contributed by atoms with Crippen LogP contribution in [0.4, 0.5) is 0 Å². The van der Waals surface area contributed by atoms with Crippen LogP contribution < -0.4 is 0 Å². The van der Waals surface area contributed by atoms with Crippen LogP contribution in [0.15, 0.2) is 121 Å². The van der Waals surface area contributed by atoms with Gasteiger partial charge >= 0.3 is 0 Å². The van der Waals surface area contributed by atoms with Crippen molar-refractivity contribution in [1.29, 1.82) is 0 Å². The Morgan fingerprint density at radius 1 is 0.537 bits per heavy atom. The summed E-state index contributed by atoms with van der Waals surface area (Å²) < 4.78 is 2.52. The Kier molecular flexibility index (Phi) is 4.51. The first-order valence-corrected chi connectivity index (χ1v) is 14.6. The molecule has 2 heterocycles. The molecule has 0 atom stereocenters. The van der Waals surface area contributed by atoms with Crippen molar-refractivity contribution < 1.29 is 0 Å². The largest absolute Gasteiger partial charge is 0.308 e. The van der Waals surface area contributed by atoms with Gasteiger partial charge in [0.15, 0.2) is 0 Å². The molecule has 1 aromatic heterocycles. The van der Waals surface area contributed by atoms with Gasteiger partial charge in [-0.05, 0) is 74.8 Å². The van der Waals surface area contributed by atoms with E-state index in [9.17, 15) is 0 Å². The highest BCUT2D eigenvalue weighted by molar-refractivity contribution is 6.30. The summed E-state index contributed by atoms with van der Waals surface area (Å²) in [5, 5.41) is 3.38. The maximum Gasteiger partial charge on any atom is 0.0623 e. The molecule has 0 radical (unpaired) electrons. The minimum atomic E-state index is -0.0949. The van der Waals surface area contributed by atoms with E-state index in [-0.39, 0.29) is 5.41 Å². The van der Waals surface area contributed by atoms with Gasteiger partial charge < -0.3 is 4.57 Å². The average molecular weight is 544 g/mol. The summed E-state index contributed by atoms with van der Waals surface area (Å²) >= 11 is 6.38. The quantitative estimate of drug-likeness (QED) is 0.204. The van der Waals surface area contributed by atoms with E-state index in [1.54, 1.807) is 0 Å². The zero-order valence-corrected chi connectivity index (χ0v) is 23.6. The number of hydrogen-bond donors (Lipinski definition) is 0. The Bertz CT molecular complexity index is 2250. The van der Waals surface area contributed by atoms with Gasteiger partial charge in [-0.15, -0.1) is 0 Å². The number of hydrogen-bond acceptors (Lipinski definition) is 0. The number of halogens is 1. The van der Waals surface area contributed by atoms with E-state index in [1.165, 1.54) is 77.6 Å². The highest BCUT2D eigenvalue weighted by atomic mass is 35.5. The van der Waals surface area contributed by atoms with Gasteiger partial charge in [0.2, 0.25) is 0 Å². The number of fused-ring (bicyclic) bond motifs is 6. The van der Waals surface area contributed by atoms with Crippen molar-refractivity contribution in [1.82, 2.24) is 4.57 Å². The van der Waals surface area contributed by atoms with Gasteiger partial charge in [-0.2, -0.15) is 0 Å². The number of aromatic nitrogens is 1. The van der Waals surface area contributed by atoms with E-state index >= 15 is 0 Å².